The second-order valence-corrected chi connectivity index (χ2v) is 4.61. The number of allylic oxidation sites excluding steroid dienone is 4. The summed E-state index contributed by atoms with van der Waals surface area (Å²) in [7, 11) is 1.37. The summed E-state index contributed by atoms with van der Waals surface area (Å²) in [4.78, 5) is 11.3. The summed E-state index contributed by atoms with van der Waals surface area (Å²) in [5, 5.41) is 0. The largest absolute Gasteiger partial charge is 0.466 e. The van der Waals surface area contributed by atoms with Gasteiger partial charge in [0.2, 0.25) is 0 Å². The van der Waals surface area contributed by atoms with Crippen LogP contribution in [-0.4, -0.2) is 13.1 Å². The van der Waals surface area contributed by atoms with Gasteiger partial charge in [-0.2, -0.15) is 0 Å². The highest BCUT2D eigenvalue weighted by Crippen LogP contribution is 2.16. The number of esters is 1. The molecule has 0 radical (unpaired) electrons. The molecule has 0 saturated heterocycles. The average Bonchev–Trinajstić information content (AvgIpc) is 2.59. The van der Waals surface area contributed by atoms with E-state index in [1.54, 1.807) is 6.08 Å². The zero-order chi connectivity index (χ0) is 15.6. The quantitative estimate of drug-likeness (QED) is 0.460. The molecule has 0 aliphatic heterocycles. The molecule has 2 aromatic rings. The van der Waals surface area contributed by atoms with Crippen LogP contribution in [0.4, 0.5) is 0 Å². The van der Waals surface area contributed by atoms with Crippen molar-refractivity contribution in [3.8, 4) is 0 Å². The fourth-order valence-corrected chi connectivity index (χ4v) is 1.93. The van der Waals surface area contributed by atoms with E-state index in [9.17, 15) is 4.79 Å². The highest BCUT2D eigenvalue weighted by molar-refractivity contribution is 5.87. The van der Waals surface area contributed by atoms with E-state index < -0.39 is 0 Å². The van der Waals surface area contributed by atoms with Gasteiger partial charge in [-0.15, -0.1) is 0 Å². The van der Waals surface area contributed by atoms with Crippen LogP contribution in [0.1, 0.15) is 11.1 Å². The summed E-state index contributed by atoms with van der Waals surface area (Å²) < 4.78 is 4.64. The van der Waals surface area contributed by atoms with Crippen LogP contribution in [-0.2, 0) is 9.53 Å². The number of carbonyl (C=O) groups excluding carboxylic acids is 1. The van der Waals surface area contributed by atoms with Gasteiger partial charge in [0.1, 0.15) is 0 Å². The molecule has 0 aromatic heterocycles. The van der Waals surface area contributed by atoms with Gasteiger partial charge >= 0.3 is 5.97 Å². The van der Waals surface area contributed by atoms with E-state index in [1.165, 1.54) is 13.2 Å². The fraction of sp³-hybridized carbons (Fsp3) is 0.0500. The molecule has 0 fully saturated rings. The molecule has 0 bridgehead atoms. The monoisotopic (exact) mass is 290 g/mol. The zero-order valence-corrected chi connectivity index (χ0v) is 12.5. The lowest BCUT2D eigenvalue weighted by Crippen LogP contribution is -1.93. The van der Waals surface area contributed by atoms with Crippen molar-refractivity contribution in [3.63, 3.8) is 0 Å². The average molecular weight is 290 g/mol. The molecule has 0 N–H and O–H groups in total. The van der Waals surface area contributed by atoms with Crippen LogP contribution < -0.4 is 0 Å². The summed E-state index contributed by atoms with van der Waals surface area (Å²) in [5.74, 6) is -0.367. The maximum atomic E-state index is 11.3. The molecule has 0 atom stereocenters. The van der Waals surface area contributed by atoms with Crippen molar-refractivity contribution in [3.05, 3.63) is 96.1 Å². The van der Waals surface area contributed by atoms with Gasteiger partial charge in [0.05, 0.1) is 7.11 Å². The summed E-state index contributed by atoms with van der Waals surface area (Å²) >= 11 is 0. The Hall–Kier alpha value is -2.87. The number of hydrogen-bond donors (Lipinski definition) is 0. The van der Waals surface area contributed by atoms with Crippen LogP contribution >= 0.6 is 0 Å². The first-order valence-corrected chi connectivity index (χ1v) is 7.04. The van der Waals surface area contributed by atoms with Gasteiger partial charge in [-0.25, -0.2) is 4.79 Å². The van der Waals surface area contributed by atoms with Gasteiger partial charge in [0.25, 0.3) is 0 Å². The van der Waals surface area contributed by atoms with Crippen LogP contribution in [0.25, 0.3) is 11.6 Å². The van der Waals surface area contributed by atoms with E-state index in [-0.39, 0.29) is 5.97 Å². The lowest BCUT2D eigenvalue weighted by Gasteiger charge is -2.01. The molecule has 0 unspecified atom stereocenters. The van der Waals surface area contributed by atoms with E-state index in [0.29, 0.717) is 0 Å². The minimum absolute atomic E-state index is 0.367. The number of benzene rings is 2. The normalized spacial score (nSPS) is 12.0. The Morgan fingerprint density at radius 2 is 1.55 bits per heavy atom. The Balaban J connectivity index is 2.24. The third-order valence-corrected chi connectivity index (χ3v) is 3.07. The number of hydrogen-bond acceptors (Lipinski definition) is 2. The predicted molar refractivity (Wildman–Crippen MR) is 91.1 cm³/mol. The molecule has 0 spiro atoms. The maximum Gasteiger partial charge on any atom is 0.330 e. The molecule has 0 saturated carbocycles. The summed E-state index contributed by atoms with van der Waals surface area (Å²) in [6.07, 6.45) is 9.15. The van der Waals surface area contributed by atoms with Crippen LogP contribution in [0.2, 0.25) is 0 Å². The topological polar surface area (TPSA) is 26.3 Å². The summed E-state index contributed by atoms with van der Waals surface area (Å²) in [6, 6.07) is 20.0. The van der Waals surface area contributed by atoms with Crippen LogP contribution in [0.5, 0.6) is 0 Å². The van der Waals surface area contributed by atoms with Crippen LogP contribution in [0.3, 0.4) is 0 Å². The lowest BCUT2D eigenvalue weighted by atomic mass is 10.0. The van der Waals surface area contributed by atoms with Gasteiger partial charge in [-0.05, 0) is 22.8 Å². The van der Waals surface area contributed by atoms with Gasteiger partial charge < -0.3 is 4.74 Å². The van der Waals surface area contributed by atoms with Crippen molar-refractivity contribution in [2.24, 2.45) is 0 Å². The van der Waals surface area contributed by atoms with E-state index in [1.807, 2.05) is 78.9 Å². The van der Waals surface area contributed by atoms with Crippen molar-refractivity contribution in [2.75, 3.05) is 7.11 Å². The van der Waals surface area contributed by atoms with E-state index in [4.69, 9.17) is 0 Å². The first-order chi connectivity index (χ1) is 10.8. The van der Waals surface area contributed by atoms with E-state index in [0.717, 1.165) is 16.7 Å². The molecule has 0 aliphatic rings. The second kappa shape index (κ2) is 8.42. The molecule has 2 heteroatoms. The summed E-state index contributed by atoms with van der Waals surface area (Å²) in [6.45, 7) is 0. The van der Waals surface area contributed by atoms with E-state index >= 15 is 0 Å². The van der Waals surface area contributed by atoms with Crippen molar-refractivity contribution in [1.29, 1.82) is 0 Å². The third kappa shape index (κ3) is 4.91. The minimum Gasteiger partial charge on any atom is -0.466 e. The molecule has 110 valence electrons. The Kier molecular flexibility index (Phi) is 5.94. The zero-order valence-electron chi connectivity index (χ0n) is 12.5. The van der Waals surface area contributed by atoms with Gasteiger partial charge in [-0.3, -0.25) is 0 Å². The summed E-state index contributed by atoms with van der Waals surface area (Å²) in [5.41, 5.74) is 3.11. The first-order valence-electron chi connectivity index (χ1n) is 7.04. The Morgan fingerprint density at radius 3 is 2.18 bits per heavy atom. The molecule has 2 aromatic carbocycles. The van der Waals surface area contributed by atoms with Crippen molar-refractivity contribution in [1.82, 2.24) is 0 Å². The maximum absolute atomic E-state index is 11.3. The molecular weight excluding hydrogens is 272 g/mol. The van der Waals surface area contributed by atoms with Gasteiger partial charge in [0, 0.05) is 6.08 Å². The molecule has 22 heavy (non-hydrogen) atoms. The third-order valence-electron chi connectivity index (χ3n) is 3.07. The highest BCUT2D eigenvalue weighted by Gasteiger charge is 1.97. The lowest BCUT2D eigenvalue weighted by molar-refractivity contribution is -0.134. The van der Waals surface area contributed by atoms with Gasteiger partial charge in [0.15, 0.2) is 0 Å². The molecule has 0 amide bonds. The van der Waals surface area contributed by atoms with Crippen LogP contribution in [0, 0.1) is 0 Å². The number of methoxy groups -OCH3 is 1. The smallest absolute Gasteiger partial charge is 0.330 e. The van der Waals surface area contributed by atoms with E-state index in [2.05, 4.69) is 4.74 Å². The number of ether oxygens (including phenoxy) is 1. The number of carbonyl (C=O) groups is 1. The van der Waals surface area contributed by atoms with Crippen molar-refractivity contribution in [2.45, 2.75) is 0 Å². The SMILES string of the molecule is COC(=O)/C=C/C(=C/C=C\c1ccccc1)c1ccccc1. The highest BCUT2D eigenvalue weighted by atomic mass is 16.5. The molecule has 0 heterocycles. The number of rotatable bonds is 5. The standard InChI is InChI=1S/C20H18O2/c1-22-20(21)16-15-19(18-12-6-3-7-13-18)14-8-11-17-9-4-2-5-10-17/h2-16H,1H3/b11-8-,16-15+,19-14-. The first kappa shape index (κ1) is 15.5. The molecule has 2 nitrogen and oxygen atoms in total. The Bertz CT molecular complexity index is 680. The Morgan fingerprint density at radius 1 is 0.909 bits per heavy atom. The second-order valence-electron chi connectivity index (χ2n) is 4.61. The molecule has 2 rings (SSSR count). The molecule has 0 aliphatic carbocycles. The molecular formula is C20H18O2. The Labute approximate surface area is 131 Å². The van der Waals surface area contributed by atoms with Crippen molar-refractivity contribution < 1.29 is 9.53 Å². The van der Waals surface area contributed by atoms with Gasteiger partial charge in [-0.1, -0.05) is 78.9 Å². The van der Waals surface area contributed by atoms with Crippen molar-refractivity contribution >= 4 is 17.6 Å². The van der Waals surface area contributed by atoms with Crippen LogP contribution in [0.15, 0.2) is 85.0 Å². The predicted octanol–water partition coefficient (Wildman–Crippen LogP) is 4.51. The fourth-order valence-electron chi connectivity index (χ4n) is 1.93. The minimum atomic E-state index is -0.367.